The van der Waals surface area contributed by atoms with Gasteiger partial charge in [-0.1, -0.05) is 0 Å². The second-order valence-corrected chi connectivity index (χ2v) is 6.87. The van der Waals surface area contributed by atoms with Gasteiger partial charge in [0.2, 0.25) is 0 Å². The number of hydrazone groups is 1. The van der Waals surface area contributed by atoms with E-state index in [0.717, 1.165) is 0 Å². The minimum Gasteiger partial charge on any atom is -0.490 e. The molecular formula is C17H16Br2N4O5. The highest BCUT2D eigenvalue weighted by Crippen LogP contribution is 2.42. The Morgan fingerprint density at radius 3 is 2.54 bits per heavy atom. The number of primary amides is 1. The zero-order valence-electron chi connectivity index (χ0n) is 14.6. The Morgan fingerprint density at radius 1 is 1.29 bits per heavy atom. The molecular weight excluding hydrogens is 500 g/mol. The first-order valence-electron chi connectivity index (χ1n) is 7.92. The molecule has 3 N–H and O–H groups in total. The number of nitrogens with two attached hydrogens (primary N) is 1. The Kier molecular flexibility index (Phi) is 7.76. The highest BCUT2D eigenvalue weighted by Gasteiger charge is 2.17. The van der Waals surface area contributed by atoms with Crippen LogP contribution in [0.3, 0.4) is 0 Å². The van der Waals surface area contributed by atoms with Crippen molar-refractivity contribution in [2.45, 2.75) is 6.92 Å². The van der Waals surface area contributed by atoms with E-state index >= 15 is 0 Å². The molecule has 11 heteroatoms. The van der Waals surface area contributed by atoms with Crippen LogP contribution in [0.4, 0.5) is 11.4 Å². The molecule has 28 heavy (non-hydrogen) atoms. The van der Waals surface area contributed by atoms with Crippen LogP contribution in [-0.4, -0.2) is 30.3 Å². The van der Waals surface area contributed by atoms with Crippen molar-refractivity contribution in [1.29, 1.82) is 0 Å². The fourth-order valence-electron chi connectivity index (χ4n) is 2.07. The van der Waals surface area contributed by atoms with Crippen LogP contribution in [0.1, 0.15) is 12.5 Å². The molecule has 0 spiro atoms. The van der Waals surface area contributed by atoms with E-state index < -0.39 is 10.8 Å². The maximum absolute atomic E-state index is 11.0. The number of non-ortho nitro benzene ring substituents is 1. The summed E-state index contributed by atoms with van der Waals surface area (Å²) in [6.07, 6.45) is 1.54. The Hall–Kier alpha value is -2.66. The molecule has 2 aromatic rings. The molecule has 148 valence electrons. The Morgan fingerprint density at radius 2 is 1.96 bits per heavy atom. The normalized spacial score (nSPS) is 10.7. The van der Waals surface area contributed by atoms with E-state index in [0.29, 0.717) is 38.3 Å². The van der Waals surface area contributed by atoms with Gasteiger partial charge in [0.1, 0.15) is 0 Å². The van der Waals surface area contributed by atoms with Crippen LogP contribution in [0.2, 0.25) is 0 Å². The zero-order chi connectivity index (χ0) is 20.7. The number of anilines is 1. The first-order valence-corrected chi connectivity index (χ1v) is 9.51. The summed E-state index contributed by atoms with van der Waals surface area (Å²) in [6, 6.07) is 7.54. The summed E-state index contributed by atoms with van der Waals surface area (Å²) in [5.41, 5.74) is 9.16. The van der Waals surface area contributed by atoms with Crippen molar-refractivity contribution in [3.05, 3.63) is 55.0 Å². The number of benzene rings is 2. The molecule has 0 bridgehead atoms. The van der Waals surface area contributed by atoms with Gasteiger partial charge in [0.25, 0.3) is 11.6 Å². The van der Waals surface area contributed by atoms with Crippen LogP contribution >= 0.6 is 31.9 Å². The van der Waals surface area contributed by atoms with Gasteiger partial charge in [-0.25, -0.2) is 0 Å². The average molecular weight is 516 g/mol. The van der Waals surface area contributed by atoms with Gasteiger partial charge >= 0.3 is 0 Å². The predicted molar refractivity (Wildman–Crippen MR) is 112 cm³/mol. The fourth-order valence-corrected chi connectivity index (χ4v) is 3.01. The maximum Gasteiger partial charge on any atom is 0.269 e. The van der Waals surface area contributed by atoms with E-state index in [9.17, 15) is 14.9 Å². The Balaban J connectivity index is 2.23. The van der Waals surface area contributed by atoms with Crippen LogP contribution in [-0.2, 0) is 4.79 Å². The molecule has 2 rings (SSSR count). The molecule has 9 nitrogen and oxygen atoms in total. The average Bonchev–Trinajstić information content (AvgIpc) is 2.65. The smallest absolute Gasteiger partial charge is 0.269 e. The van der Waals surface area contributed by atoms with E-state index in [1.807, 2.05) is 6.92 Å². The van der Waals surface area contributed by atoms with Gasteiger partial charge in [0, 0.05) is 22.2 Å². The van der Waals surface area contributed by atoms with Gasteiger partial charge in [-0.2, -0.15) is 5.10 Å². The van der Waals surface area contributed by atoms with Gasteiger partial charge in [0.05, 0.1) is 27.9 Å². The molecule has 0 aliphatic heterocycles. The van der Waals surface area contributed by atoms with Crippen molar-refractivity contribution in [3.8, 4) is 11.5 Å². The number of carbonyl (C=O) groups is 1. The van der Waals surface area contributed by atoms with Crippen molar-refractivity contribution in [1.82, 2.24) is 0 Å². The number of hydrogen-bond donors (Lipinski definition) is 2. The van der Waals surface area contributed by atoms with Crippen LogP contribution in [0, 0.1) is 10.1 Å². The molecule has 0 saturated heterocycles. The second-order valence-electron chi connectivity index (χ2n) is 5.28. The predicted octanol–water partition coefficient (Wildman–Crippen LogP) is 3.83. The largest absolute Gasteiger partial charge is 0.490 e. The molecule has 0 radical (unpaired) electrons. The molecule has 1 amide bonds. The van der Waals surface area contributed by atoms with Crippen LogP contribution in [0.15, 0.2) is 44.4 Å². The van der Waals surface area contributed by atoms with Crippen molar-refractivity contribution in [2.24, 2.45) is 10.8 Å². The summed E-state index contributed by atoms with van der Waals surface area (Å²) >= 11 is 6.85. The number of hydrogen-bond acceptors (Lipinski definition) is 7. The third-order valence-electron chi connectivity index (χ3n) is 3.29. The SMILES string of the molecule is CCOc1cc(/C=N/Nc2ccc([N+](=O)[O-])cc2)c(Br)c(Br)c1OCC(N)=O. The highest BCUT2D eigenvalue weighted by molar-refractivity contribution is 9.13. The number of amides is 1. The quantitative estimate of drug-likeness (QED) is 0.296. The number of carbonyl (C=O) groups excluding carboxylic acids is 1. The summed E-state index contributed by atoms with van der Waals surface area (Å²) in [5, 5.41) is 14.8. The summed E-state index contributed by atoms with van der Waals surface area (Å²) in [7, 11) is 0. The van der Waals surface area contributed by atoms with Crippen molar-refractivity contribution >= 4 is 55.4 Å². The Bertz CT molecular complexity index is 903. The zero-order valence-corrected chi connectivity index (χ0v) is 17.8. The van der Waals surface area contributed by atoms with Crippen LogP contribution in [0.5, 0.6) is 11.5 Å². The third-order valence-corrected chi connectivity index (χ3v) is 5.43. The first-order chi connectivity index (χ1) is 13.3. The maximum atomic E-state index is 11.0. The molecule has 0 aliphatic carbocycles. The second kappa shape index (κ2) is 10.0. The number of nitrogens with zero attached hydrogens (tertiary/aromatic N) is 2. The van der Waals surface area contributed by atoms with Gasteiger partial charge in [-0.15, -0.1) is 0 Å². The lowest BCUT2D eigenvalue weighted by atomic mass is 10.2. The standard InChI is InChI=1S/C17H16Br2N4O5/c1-2-27-13-7-10(15(18)16(19)17(13)28-9-14(20)24)8-21-22-11-3-5-12(6-4-11)23(25)26/h3-8,22H,2,9H2,1H3,(H2,20,24)/b21-8+. The van der Waals surface area contributed by atoms with Crippen LogP contribution in [0.25, 0.3) is 0 Å². The molecule has 0 atom stereocenters. The van der Waals surface area contributed by atoms with Gasteiger partial charge in [-0.05, 0) is 57.0 Å². The van der Waals surface area contributed by atoms with Crippen molar-refractivity contribution in [2.75, 3.05) is 18.6 Å². The minimum atomic E-state index is -0.608. The fraction of sp³-hybridized carbons (Fsp3) is 0.176. The minimum absolute atomic E-state index is 0.00545. The van der Waals surface area contributed by atoms with Crippen molar-refractivity contribution < 1.29 is 19.2 Å². The molecule has 0 fully saturated rings. The van der Waals surface area contributed by atoms with Crippen LogP contribution < -0.4 is 20.6 Å². The van der Waals surface area contributed by atoms with E-state index in [2.05, 4.69) is 42.4 Å². The summed E-state index contributed by atoms with van der Waals surface area (Å²) < 4.78 is 12.2. The molecule has 0 unspecified atom stereocenters. The number of nitro benzene ring substituents is 1. The number of ether oxygens (including phenoxy) is 2. The molecule has 0 heterocycles. The molecule has 0 aliphatic rings. The number of halogens is 2. The number of nitrogens with one attached hydrogen (secondary N) is 1. The number of nitro groups is 1. The van der Waals surface area contributed by atoms with Crippen molar-refractivity contribution in [3.63, 3.8) is 0 Å². The van der Waals surface area contributed by atoms with Gasteiger partial charge in [-0.3, -0.25) is 20.3 Å². The highest BCUT2D eigenvalue weighted by atomic mass is 79.9. The lowest BCUT2D eigenvalue weighted by Crippen LogP contribution is -2.20. The van der Waals surface area contributed by atoms with E-state index in [1.165, 1.54) is 18.3 Å². The van der Waals surface area contributed by atoms with E-state index in [4.69, 9.17) is 15.2 Å². The lowest BCUT2D eigenvalue weighted by molar-refractivity contribution is -0.384. The lowest BCUT2D eigenvalue weighted by Gasteiger charge is -2.15. The molecule has 0 saturated carbocycles. The number of rotatable bonds is 9. The van der Waals surface area contributed by atoms with Gasteiger partial charge in [0.15, 0.2) is 18.1 Å². The third kappa shape index (κ3) is 5.67. The summed E-state index contributed by atoms with van der Waals surface area (Å²) in [4.78, 5) is 21.2. The monoisotopic (exact) mass is 514 g/mol. The summed E-state index contributed by atoms with van der Waals surface area (Å²) in [6.45, 7) is 1.91. The summed E-state index contributed by atoms with van der Waals surface area (Å²) in [5.74, 6) is 0.145. The van der Waals surface area contributed by atoms with E-state index in [-0.39, 0.29) is 12.3 Å². The molecule has 0 aromatic heterocycles. The Labute approximate surface area is 177 Å². The first kappa shape index (κ1) is 21.6. The topological polar surface area (TPSA) is 129 Å². The van der Waals surface area contributed by atoms with Gasteiger partial charge < -0.3 is 15.2 Å². The molecule has 2 aromatic carbocycles. The van der Waals surface area contributed by atoms with E-state index in [1.54, 1.807) is 18.2 Å².